The van der Waals surface area contributed by atoms with E-state index in [9.17, 15) is 0 Å². The monoisotopic (exact) mass is 140 g/mol. The highest BCUT2D eigenvalue weighted by Gasteiger charge is 2.19. The number of thiocarbonyl (C=S) groups is 1. The van der Waals surface area contributed by atoms with Gasteiger partial charge in [0.2, 0.25) is 0 Å². The Morgan fingerprint density at radius 2 is 2.22 bits per heavy atom. The van der Waals surface area contributed by atoms with Crippen molar-refractivity contribution in [2.24, 2.45) is 5.41 Å². The van der Waals surface area contributed by atoms with Crippen molar-refractivity contribution in [1.29, 1.82) is 0 Å². The number of allylic oxidation sites excluding steroid dienone is 2. The maximum absolute atomic E-state index is 5.07. The lowest BCUT2D eigenvalue weighted by Crippen LogP contribution is -2.17. The minimum absolute atomic E-state index is 0.422. The van der Waals surface area contributed by atoms with Gasteiger partial charge in [0.05, 0.1) is 0 Å². The molecule has 1 aliphatic rings. The molecule has 0 heterocycles. The van der Waals surface area contributed by atoms with Crippen molar-refractivity contribution in [3.8, 4) is 0 Å². The molecule has 0 radical (unpaired) electrons. The van der Waals surface area contributed by atoms with Crippen LogP contribution in [0, 0.1) is 5.41 Å². The molecule has 0 unspecified atom stereocenters. The molecule has 0 N–H and O–H groups in total. The lowest BCUT2D eigenvalue weighted by molar-refractivity contribution is 0.386. The number of hydrogen-bond acceptors (Lipinski definition) is 1. The summed E-state index contributed by atoms with van der Waals surface area (Å²) in [5.74, 6) is 0. The molecule has 50 valence electrons. The van der Waals surface area contributed by atoms with E-state index in [1.807, 2.05) is 0 Å². The molecule has 0 nitrogen and oxygen atoms in total. The highest BCUT2D eigenvalue weighted by Crippen LogP contribution is 2.29. The lowest BCUT2D eigenvalue weighted by atomic mass is 9.81. The van der Waals surface area contributed by atoms with Gasteiger partial charge in [-0.05, 0) is 18.3 Å². The molecule has 0 spiro atoms. The third kappa shape index (κ3) is 1.90. The van der Waals surface area contributed by atoms with E-state index < -0.39 is 0 Å². The van der Waals surface area contributed by atoms with Gasteiger partial charge in [-0.1, -0.05) is 38.2 Å². The van der Waals surface area contributed by atoms with Gasteiger partial charge in [0, 0.05) is 4.86 Å². The van der Waals surface area contributed by atoms with Crippen molar-refractivity contribution < 1.29 is 0 Å². The van der Waals surface area contributed by atoms with Crippen LogP contribution in [0.25, 0.3) is 0 Å². The molecule has 0 aromatic heterocycles. The van der Waals surface area contributed by atoms with Gasteiger partial charge < -0.3 is 0 Å². The summed E-state index contributed by atoms with van der Waals surface area (Å²) >= 11 is 5.07. The molecule has 0 fully saturated rings. The fraction of sp³-hybridized carbons (Fsp3) is 0.625. The van der Waals surface area contributed by atoms with Crippen molar-refractivity contribution in [2.45, 2.75) is 26.7 Å². The molecule has 1 heteroatoms. The van der Waals surface area contributed by atoms with E-state index in [1.165, 1.54) is 6.42 Å². The molecule has 0 aliphatic heterocycles. The van der Waals surface area contributed by atoms with E-state index in [4.69, 9.17) is 12.2 Å². The molecular formula is C8H12S. The Balaban J connectivity index is 2.68. The van der Waals surface area contributed by atoms with E-state index in [0.29, 0.717) is 5.41 Å². The third-order valence-electron chi connectivity index (χ3n) is 1.63. The van der Waals surface area contributed by atoms with Crippen LogP contribution in [0.2, 0.25) is 0 Å². The van der Waals surface area contributed by atoms with E-state index in [2.05, 4.69) is 26.0 Å². The molecule has 0 aromatic rings. The van der Waals surface area contributed by atoms with E-state index in [0.717, 1.165) is 11.3 Å². The molecule has 9 heavy (non-hydrogen) atoms. The molecule has 1 rings (SSSR count). The van der Waals surface area contributed by atoms with Crippen LogP contribution in [0.3, 0.4) is 0 Å². The molecular weight excluding hydrogens is 128 g/mol. The molecule has 0 bridgehead atoms. The van der Waals surface area contributed by atoms with E-state index in [1.54, 1.807) is 0 Å². The van der Waals surface area contributed by atoms with Crippen LogP contribution in [0.15, 0.2) is 12.2 Å². The minimum atomic E-state index is 0.422. The SMILES string of the molecule is CC1(C)CC=CC(=S)C1. The van der Waals surface area contributed by atoms with Crippen LogP contribution in [0.4, 0.5) is 0 Å². The summed E-state index contributed by atoms with van der Waals surface area (Å²) in [5.41, 5.74) is 0.422. The summed E-state index contributed by atoms with van der Waals surface area (Å²) in [5, 5.41) is 0. The van der Waals surface area contributed by atoms with Crippen molar-refractivity contribution >= 4 is 17.1 Å². The van der Waals surface area contributed by atoms with Gasteiger partial charge in [-0.2, -0.15) is 0 Å². The highest BCUT2D eigenvalue weighted by molar-refractivity contribution is 7.80. The second-order valence-corrected chi connectivity index (χ2v) is 3.94. The quantitative estimate of drug-likeness (QED) is 0.466. The zero-order valence-corrected chi connectivity index (χ0v) is 6.79. The van der Waals surface area contributed by atoms with Gasteiger partial charge in [0.15, 0.2) is 0 Å². The molecule has 0 atom stereocenters. The van der Waals surface area contributed by atoms with Gasteiger partial charge in [0.1, 0.15) is 0 Å². The molecule has 0 aromatic carbocycles. The second kappa shape index (κ2) is 2.22. The van der Waals surface area contributed by atoms with Gasteiger partial charge >= 0.3 is 0 Å². The summed E-state index contributed by atoms with van der Waals surface area (Å²) in [6.45, 7) is 4.51. The van der Waals surface area contributed by atoms with Crippen LogP contribution >= 0.6 is 12.2 Å². The zero-order valence-electron chi connectivity index (χ0n) is 5.98. The van der Waals surface area contributed by atoms with Gasteiger partial charge in [-0.3, -0.25) is 0 Å². The fourth-order valence-corrected chi connectivity index (χ4v) is 1.60. The van der Waals surface area contributed by atoms with Crippen LogP contribution in [0.1, 0.15) is 26.7 Å². The maximum atomic E-state index is 5.07. The standard InChI is InChI=1S/C8H12S/c1-8(2)5-3-4-7(9)6-8/h3-4H,5-6H2,1-2H3. The van der Waals surface area contributed by atoms with Crippen molar-refractivity contribution in [3.05, 3.63) is 12.2 Å². The highest BCUT2D eigenvalue weighted by atomic mass is 32.1. The summed E-state index contributed by atoms with van der Waals surface area (Å²) in [6, 6.07) is 0. The van der Waals surface area contributed by atoms with E-state index in [-0.39, 0.29) is 0 Å². The van der Waals surface area contributed by atoms with Crippen LogP contribution in [-0.2, 0) is 0 Å². The predicted molar refractivity (Wildman–Crippen MR) is 44.8 cm³/mol. The number of hydrogen-bond donors (Lipinski definition) is 0. The summed E-state index contributed by atoms with van der Waals surface area (Å²) < 4.78 is 0. The van der Waals surface area contributed by atoms with Gasteiger partial charge in [-0.15, -0.1) is 0 Å². The normalized spacial score (nSPS) is 24.4. The molecule has 0 saturated heterocycles. The predicted octanol–water partition coefficient (Wildman–Crippen LogP) is 2.73. The fourth-order valence-electron chi connectivity index (χ4n) is 1.11. The Morgan fingerprint density at radius 3 is 2.56 bits per heavy atom. The smallest absolute Gasteiger partial charge is 0.0154 e. The Labute approximate surface area is 62.0 Å². The van der Waals surface area contributed by atoms with Crippen molar-refractivity contribution in [2.75, 3.05) is 0 Å². The van der Waals surface area contributed by atoms with Crippen LogP contribution < -0.4 is 0 Å². The Bertz CT molecular complexity index is 154. The molecule has 1 aliphatic carbocycles. The van der Waals surface area contributed by atoms with Gasteiger partial charge in [0.25, 0.3) is 0 Å². The zero-order chi connectivity index (χ0) is 6.91. The van der Waals surface area contributed by atoms with Gasteiger partial charge in [-0.25, -0.2) is 0 Å². The van der Waals surface area contributed by atoms with Crippen molar-refractivity contribution in [1.82, 2.24) is 0 Å². The average Bonchev–Trinajstić information content (AvgIpc) is 1.60. The van der Waals surface area contributed by atoms with Crippen molar-refractivity contribution in [3.63, 3.8) is 0 Å². The summed E-state index contributed by atoms with van der Waals surface area (Å²) in [6.07, 6.45) is 6.48. The Morgan fingerprint density at radius 1 is 1.56 bits per heavy atom. The topological polar surface area (TPSA) is 0 Å². The molecule has 0 saturated carbocycles. The first-order chi connectivity index (χ1) is 4.10. The number of rotatable bonds is 0. The summed E-state index contributed by atoms with van der Waals surface area (Å²) in [4.78, 5) is 1.10. The van der Waals surface area contributed by atoms with Crippen LogP contribution in [-0.4, -0.2) is 4.86 Å². The van der Waals surface area contributed by atoms with E-state index >= 15 is 0 Å². The average molecular weight is 140 g/mol. The first kappa shape index (κ1) is 6.94. The second-order valence-electron chi connectivity index (χ2n) is 3.41. The maximum Gasteiger partial charge on any atom is 0.0154 e. The van der Waals surface area contributed by atoms with Crippen LogP contribution in [0.5, 0.6) is 0 Å². The lowest BCUT2D eigenvalue weighted by Gasteiger charge is -2.25. The minimum Gasteiger partial charge on any atom is -0.0849 e. The first-order valence-electron chi connectivity index (χ1n) is 3.30. The summed E-state index contributed by atoms with van der Waals surface area (Å²) in [7, 11) is 0. The first-order valence-corrected chi connectivity index (χ1v) is 3.70. The largest absolute Gasteiger partial charge is 0.0849 e. The third-order valence-corrected chi connectivity index (χ3v) is 1.91. The molecule has 0 amide bonds. The Hall–Kier alpha value is -0.170. The Kier molecular flexibility index (Phi) is 1.71.